The van der Waals surface area contributed by atoms with E-state index in [0.717, 1.165) is 37.2 Å². The average molecular weight is 346 g/mol. The Morgan fingerprint density at radius 2 is 1.92 bits per heavy atom. The van der Waals surface area contributed by atoms with E-state index in [1.54, 1.807) is 7.11 Å². The van der Waals surface area contributed by atoms with Crippen molar-refractivity contribution in [1.82, 2.24) is 10.2 Å². The quantitative estimate of drug-likeness (QED) is 0.826. The summed E-state index contributed by atoms with van der Waals surface area (Å²) in [6.07, 6.45) is 3.42. The highest BCUT2D eigenvalue weighted by atomic mass is 16.5. The summed E-state index contributed by atoms with van der Waals surface area (Å²) in [4.78, 5) is 26.2. The third kappa shape index (κ3) is 6.07. The van der Waals surface area contributed by atoms with Crippen molar-refractivity contribution in [2.75, 3.05) is 20.2 Å². The lowest BCUT2D eigenvalue weighted by Crippen LogP contribution is -2.46. The second kappa shape index (κ2) is 9.44. The van der Waals surface area contributed by atoms with E-state index in [1.807, 2.05) is 43.0 Å². The van der Waals surface area contributed by atoms with Crippen molar-refractivity contribution >= 4 is 11.8 Å². The molecular formula is C20H30N2O3. The van der Waals surface area contributed by atoms with Gasteiger partial charge in [0.2, 0.25) is 11.8 Å². The van der Waals surface area contributed by atoms with Crippen molar-refractivity contribution in [1.29, 1.82) is 0 Å². The minimum Gasteiger partial charge on any atom is -0.496 e. The highest BCUT2D eigenvalue weighted by Crippen LogP contribution is 2.20. The Bertz CT molecular complexity index is 578. The highest BCUT2D eigenvalue weighted by molar-refractivity contribution is 5.77. The summed E-state index contributed by atoms with van der Waals surface area (Å²) in [6.45, 7) is 5.53. The molecule has 25 heavy (non-hydrogen) atoms. The van der Waals surface area contributed by atoms with Crippen LogP contribution in [0.15, 0.2) is 24.3 Å². The fourth-order valence-corrected chi connectivity index (χ4v) is 3.24. The number of para-hydroxylation sites is 1. The van der Waals surface area contributed by atoms with Crippen molar-refractivity contribution < 1.29 is 14.3 Å². The van der Waals surface area contributed by atoms with Crippen molar-refractivity contribution in [3.8, 4) is 5.75 Å². The number of rotatable bonds is 7. The van der Waals surface area contributed by atoms with Gasteiger partial charge >= 0.3 is 0 Å². The molecule has 138 valence electrons. The van der Waals surface area contributed by atoms with Crippen LogP contribution in [0.5, 0.6) is 5.75 Å². The average Bonchev–Trinajstić information content (AvgIpc) is 2.59. The maximum absolute atomic E-state index is 12.4. The first kappa shape index (κ1) is 19.3. The van der Waals surface area contributed by atoms with E-state index in [0.29, 0.717) is 25.2 Å². The molecule has 2 amide bonds. The smallest absolute Gasteiger partial charge is 0.222 e. The van der Waals surface area contributed by atoms with Crippen LogP contribution in [0.3, 0.4) is 0 Å². The molecule has 0 saturated carbocycles. The van der Waals surface area contributed by atoms with Crippen LogP contribution in [0, 0.1) is 5.92 Å². The van der Waals surface area contributed by atoms with E-state index in [4.69, 9.17) is 4.74 Å². The van der Waals surface area contributed by atoms with Gasteiger partial charge in [0, 0.05) is 32.0 Å². The van der Waals surface area contributed by atoms with Crippen molar-refractivity contribution in [2.45, 2.75) is 52.0 Å². The Morgan fingerprint density at radius 3 is 2.56 bits per heavy atom. The molecule has 2 rings (SSSR count). The number of methoxy groups -OCH3 is 1. The molecule has 0 spiro atoms. The highest BCUT2D eigenvalue weighted by Gasteiger charge is 2.23. The maximum atomic E-state index is 12.4. The molecule has 1 aliphatic rings. The third-order valence-corrected chi connectivity index (χ3v) is 4.61. The minimum atomic E-state index is 0.121. The van der Waals surface area contributed by atoms with E-state index < -0.39 is 0 Å². The first-order valence-corrected chi connectivity index (χ1v) is 9.18. The number of nitrogens with one attached hydrogen (secondary N) is 1. The molecule has 1 aromatic carbocycles. The van der Waals surface area contributed by atoms with E-state index in [9.17, 15) is 9.59 Å². The van der Waals surface area contributed by atoms with Gasteiger partial charge in [0.05, 0.1) is 7.11 Å². The predicted octanol–water partition coefficient (Wildman–Crippen LogP) is 2.78. The Labute approximate surface area is 150 Å². The zero-order chi connectivity index (χ0) is 18.2. The zero-order valence-corrected chi connectivity index (χ0v) is 15.6. The number of aryl methyl sites for hydroxylation is 1. The number of benzene rings is 1. The monoisotopic (exact) mass is 346 g/mol. The summed E-state index contributed by atoms with van der Waals surface area (Å²) < 4.78 is 5.34. The molecule has 0 aliphatic carbocycles. The molecule has 1 fully saturated rings. The fourth-order valence-electron chi connectivity index (χ4n) is 3.24. The summed E-state index contributed by atoms with van der Waals surface area (Å²) in [7, 11) is 1.65. The first-order chi connectivity index (χ1) is 12.0. The van der Waals surface area contributed by atoms with Crippen molar-refractivity contribution in [3.63, 3.8) is 0 Å². The van der Waals surface area contributed by atoms with E-state index >= 15 is 0 Å². The van der Waals surface area contributed by atoms with Crippen LogP contribution in [-0.2, 0) is 16.0 Å². The topological polar surface area (TPSA) is 58.6 Å². The number of hydrogen-bond donors (Lipinski definition) is 1. The van der Waals surface area contributed by atoms with Gasteiger partial charge in [0.1, 0.15) is 5.75 Å². The van der Waals surface area contributed by atoms with Gasteiger partial charge < -0.3 is 15.0 Å². The Balaban J connectivity index is 1.75. The zero-order valence-electron chi connectivity index (χ0n) is 15.6. The number of nitrogens with zero attached hydrogens (tertiary/aromatic N) is 1. The second-order valence-corrected chi connectivity index (χ2v) is 7.13. The number of hydrogen-bond acceptors (Lipinski definition) is 3. The number of likely N-dealkylation sites (tertiary alicyclic amines) is 1. The number of piperidine rings is 1. The molecule has 5 nitrogen and oxygen atoms in total. The Morgan fingerprint density at radius 1 is 1.24 bits per heavy atom. The van der Waals surface area contributed by atoms with Gasteiger partial charge in [-0.2, -0.15) is 0 Å². The predicted molar refractivity (Wildman–Crippen MR) is 98.5 cm³/mol. The number of carbonyl (C=O) groups is 2. The van der Waals surface area contributed by atoms with Gasteiger partial charge in [0.15, 0.2) is 0 Å². The van der Waals surface area contributed by atoms with Crippen LogP contribution in [-0.4, -0.2) is 43.0 Å². The van der Waals surface area contributed by atoms with E-state index in [1.165, 1.54) is 0 Å². The summed E-state index contributed by atoms with van der Waals surface area (Å²) in [6, 6.07) is 8.02. The molecule has 1 aliphatic heterocycles. The summed E-state index contributed by atoms with van der Waals surface area (Å²) >= 11 is 0. The third-order valence-electron chi connectivity index (χ3n) is 4.61. The lowest BCUT2D eigenvalue weighted by atomic mass is 10.0. The Hall–Kier alpha value is -2.04. The van der Waals surface area contributed by atoms with Gasteiger partial charge in [-0.15, -0.1) is 0 Å². The lowest BCUT2D eigenvalue weighted by Gasteiger charge is -2.32. The molecule has 0 bridgehead atoms. The SMILES string of the molecule is COc1ccccc1CCC(=O)N1CCC(NC(=O)CC(C)C)CC1. The Kier molecular flexibility index (Phi) is 7.29. The van der Waals surface area contributed by atoms with Gasteiger partial charge in [0.25, 0.3) is 0 Å². The molecule has 1 aromatic rings. The molecule has 0 atom stereocenters. The van der Waals surface area contributed by atoms with Crippen molar-refractivity contribution in [2.24, 2.45) is 5.92 Å². The van der Waals surface area contributed by atoms with E-state index in [-0.39, 0.29) is 17.9 Å². The standard InChI is InChI=1S/C20H30N2O3/c1-15(2)14-19(23)21-17-10-12-22(13-11-17)20(24)9-8-16-6-4-5-7-18(16)25-3/h4-7,15,17H,8-14H2,1-3H3,(H,21,23). The normalized spacial score (nSPS) is 15.3. The van der Waals surface area contributed by atoms with Crippen LogP contribution in [0.2, 0.25) is 0 Å². The maximum Gasteiger partial charge on any atom is 0.222 e. The van der Waals surface area contributed by atoms with Gasteiger partial charge in [-0.05, 0) is 36.8 Å². The number of ether oxygens (including phenoxy) is 1. The lowest BCUT2D eigenvalue weighted by molar-refractivity contribution is -0.132. The van der Waals surface area contributed by atoms with Crippen molar-refractivity contribution in [3.05, 3.63) is 29.8 Å². The first-order valence-electron chi connectivity index (χ1n) is 9.18. The van der Waals surface area contributed by atoms with Crippen LogP contribution in [0.1, 0.15) is 45.1 Å². The summed E-state index contributed by atoms with van der Waals surface area (Å²) in [5.41, 5.74) is 1.06. The van der Waals surface area contributed by atoms with Crippen LogP contribution >= 0.6 is 0 Å². The molecular weight excluding hydrogens is 316 g/mol. The number of carbonyl (C=O) groups excluding carboxylic acids is 2. The van der Waals surface area contributed by atoms with Gasteiger partial charge in [-0.25, -0.2) is 0 Å². The molecule has 0 aromatic heterocycles. The molecule has 1 N–H and O–H groups in total. The molecule has 0 radical (unpaired) electrons. The van der Waals surface area contributed by atoms with Crippen LogP contribution in [0.25, 0.3) is 0 Å². The van der Waals surface area contributed by atoms with Gasteiger partial charge in [-0.3, -0.25) is 9.59 Å². The second-order valence-electron chi connectivity index (χ2n) is 7.13. The minimum absolute atomic E-state index is 0.121. The molecule has 1 saturated heterocycles. The van der Waals surface area contributed by atoms with Gasteiger partial charge in [-0.1, -0.05) is 32.0 Å². The fraction of sp³-hybridized carbons (Fsp3) is 0.600. The summed E-state index contributed by atoms with van der Waals surface area (Å²) in [5, 5.41) is 3.09. The largest absolute Gasteiger partial charge is 0.496 e. The molecule has 1 heterocycles. The summed E-state index contributed by atoms with van der Waals surface area (Å²) in [5.74, 6) is 1.51. The van der Waals surface area contributed by atoms with E-state index in [2.05, 4.69) is 5.32 Å². The molecule has 0 unspecified atom stereocenters. The van der Waals surface area contributed by atoms with Crippen LogP contribution < -0.4 is 10.1 Å². The van der Waals surface area contributed by atoms with Crippen LogP contribution in [0.4, 0.5) is 0 Å². The molecule has 5 heteroatoms. The number of amides is 2.